The highest BCUT2D eigenvalue weighted by atomic mass is 16.5. The Morgan fingerprint density at radius 1 is 0.255 bits per heavy atom. The lowest BCUT2D eigenvalue weighted by molar-refractivity contribution is 0.103. The van der Waals surface area contributed by atoms with Gasteiger partial charge in [0.05, 0.1) is 32.0 Å². The van der Waals surface area contributed by atoms with Gasteiger partial charge >= 0.3 is 0 Å². The lowest BCUT2D eigenvalue weighted by Gasteiger charge is -2.21. The molecule has 4 rings (SSSR count). The third-order valence-corrected chi connectivity index (χ3v) is 22.3. The van der Waals surface area contributed by atoms with Gasteiger partial charge in [-0.1, -0.05) is 492 Å². The molecule has 6 nitrogen and oxygen atoms in total. The molecule has 0 spiro atoms. The van der Waals surface area contributed by atoms with E-state index in [1.165, 1.54) is 385 Å². The van der Waals surface area contributed by atoms with E-state index in [9.17, 15) is 9.90 Å². The molecule has 0 aliphatic heterocycles. The minimum Gasteiger partial charge on any atom is -0.489 e. The molecule has 0 aliphatic carbocycles. The molecule has 1 N–H and O–H groups in total. The number of carbonyl (C=O) groups excluding carboxylic acids is 1. The molecule has 4 aromatic carbocycles. The average molecular weight is 1470 g/mol. The third-order valence-electron chi connectivity index (χ3n) is 22.3. The van der Waals surface area contributed by atoms with Gasteiger partial charge in [-0.25, -0.2) is 0 Å². The van der Waals surface area contributed by atoms with Crippen molar-refractivity contribution in [3.05, 3.63) is 118 Å². The zero-order chi connectivity index (χ0) is 75.7. The third kappa shape index (κ3) is 51.2. The second kappa shape index (κ2) is 72.3. The molecule has 4 aromatic rings. The quantitative estimate of drug-likeness (QED) is 0.0351. The number of aryl methyl sites for hydroxylation is 2. The van der Waals surface area contributed by atoms with Crippen LogP contribution in [-0.2, 0) is 0 Å². The normalized spacial score (nSPS) is 11.7. The number of carbonyl (C=O) groups is 1. The summed E-state index contributed by atoms with van der Waals surface area (Å²) in [6, 6.07) is 27.6. The number of benzene rings is 4. The molecule has 0 aromatic heterocycles. The number of hydrogen-bond acceptors (Lipinski definition) is 6. The topological polar surface area (TPSA) is 74.2 Å². The number of aliphatic hydroxyl groups excluding tert-OH is 1. The summed E-state index contributed by atoms with van der Waals surface area (Å²) in [7, 11) is 0. The molecule has 1 unspecified atom stereocenters. The number of unbranched alkanes of at least 4 members (excludes halogenated alkanes) is 60. The SMILES string of the molecule is CCCCCCCCCCCCCCCCCCOc1c(C)ccc(C(=O)c2ccccc2)c1OCCCCCCCCCCCCCCCCCC.CCCCCCCCCCCCCCCCCCOc1c(C)ccc(C(O)c2ccccc2)c1OCCCCCCCCCCCCCCCCCC. The van der Waals surface area contributed by atoms with Crippen LogP contribution in [0.25, 0.3) is 0 Å². The predicted octanol–water partition coefficient (Wildman–Crippen LogP) is 32.9. The summed E-state index contributed by atoms with van der Waals surface area (Å²) in [4.78, 5) is 13.6. The maximum atomic E-state index is 13.6. The summed E-state index contributed by atoms with van der Waals surface area (Å²) in [5, 5.41) is 11.4. The summed E-state index contributed by atoms with van der Waals surface area (Å²) in [5.41, 5.74) is 5.10. The minimum atomic E-state index is -0.740. The zero-order valence-corrected chi connectivity index (χ0v) is 70.7. The number of ether oxygens (including phenoxy) is 4. The van der Waals surface area contributed by atoms with Crippen LogP contribution in [0.15, 0.2) is 84.9 Å². The summed E-state index contributed by atoms with van der Waals surface area (Å²) in [5.74, 6) is 2.94. The first kappa shape index (κ1) is 95.9. The van der Waals surface area contributed by atoms with Gasteiger partial charge in [-0.15, -0.1) is 0 Å². The van der Waals surface area contributed by atoms with Crippen LogP contribution in [0.5, 0.6) is 23.0 Å². The van der Waals surface area contributed by atoms with Gasteiger partial charge in [0.2, 0.25) is 0 Å². The fourth-order valence-electron chi connectivity index (χ4n) is 15.2. The van der Waals surface area contributed by atoms with Crippen molar-refractivity contribution in [2.24, 2.45) is 0 Å². The molecule has 0 bridgehead atoms. The maximum Gasteiger partial charge on any atom is 0.196 e. The number of rotatable bonds is 76. The Morgan fingerprint density at radius 2 is 0.472 bits per heavy atom. The summed E-state index contributed by atoms with van der Waals surface area (Å²) < 4.78 is 25.8. The van der Waals surface area contributed by atoms with Crippen molar-refractivity contribution in [1.82, 2.24) is 0 Å². The van der Waals surface area contributed by atoms with Crippen molar-refractivity contribution >= 4 is 5.78 Å². The van der Waals surface area contributed by atoms with Gasteiger partial charge in [0.15, 0.2) is 28.8 Å². The second-order valence-electron chi connectivity index (χ2n) is 32.3. The Balaban J connectivity index is 0.000000550. The molecule has 0 fully saturated rings. The van der Waals surface area contributed by atoms with Gasteiger partial charge < -0.3 is 24.1 Å². The first-order valence-corrected chi connectivity index (χ1v) is 46.5. The fraction of sp³-hybridized carbons (Fsp3) is 0.750. The van der Waals surface area contributed by atoms with E-state index in [-0.39, 0.29) is 5.78 Å². The second-order valence-corrected chi connectivity index (χ2v) is 32.3. The Kier molecular flexibility index (Phi) is 65.4. The first-order valence-electron chi connectivity index (χ1n) is 46.5. The number of hydrogen-bond donors (Lipinski definition) is 1. The van der Waals surface area contributed by atoms with Crippen molar-refractivity contribution in [2.75, 3.05) is 26.4 Å². The Morgan fingerprint density at radius 3 is 0.745 bits per heavy atom. The van der Waals surface area contributed by atoms with E-state index < -0.39 is 6.10 Å². The van der Waals surface area contributed by atoms with Gasteiger partial charge in [-0.05, 0) is 62.3 Å². The molecule has 106 heavy (non-hydrogen) atoms. The van der Waals surface area contributed by atoms with Crippen LogP contribution < -0.4 is 18.9 Å². The van der Waals surface area contributed by atoms with Crippen molar-refractivity contribution < 1.29 is 28.8 Å². The molecule has 6 heteroatoms. The highest BCUT2D eigenvalue weighted by molar-refractivity contribution is 6.11. The van der Waals surface area contributed by atoms with Crippen molar-refractivity contribution in [2.45, 2.75) is 459 Å². The molecule has 0 heterocycles. The van der Waals surface area contributed by atoms with Crippen LogP contribution in [0.2, 0.25) is 0 Å². The lowest BCUT2D eigenvalue weighted by atomic mass is 9.98. The highest BCUT2D eigenvalue weighted by Gasteiger charge is 2.23. The number of ketones is 1. The molecular formula is C100H170O6. The van der Waals surface area contributed by atoms with Crippen LogP contribution in [0, 0.1) is 13.8 Å². The molecule has 0 saturated heterocycles. The van der Waals surface area contributed by atoms with Crippen LogP contribution in [0.3, 0.4) is 0 Å². The molecule has 606 valence electrons. The van der Waals surface area contributed by atoms with E-state index in [4.69, 9.17) is 18.9 Å². The smallest absolute Gasteiger partial charge is 0.196 e. The van der Waals surface area contributed by atoms with E-state index in [1.54, 1.807) is 0 Å². The van der Waals surface area contributed by atoms with Gasteiger partial charge in [0, 0.05) is 11.1 Å². The van der Waals surface area contributed by atoms with Gasteiger partial charge in [0.1, 0.15) is 6.10 Å². The van der Waals surface area contributed by atoms with Crippen LogP contribution in [0.1, 0.15) is 483 Å². The summed E-state index contributed by atoms with van der Waals surface area (Å²) in [6.45, 7) is 16.0. The van der Waals surface area contributed by atoms with Crippen LogP contribution in [0.4, 0.5) is 0 Å². The Labute approximate surface area is 657 Å². The Hall–Kier alpha value is -4.29. The first-order chi connectivity index (χ1) is 52.4. The summed E-state index contributed by atoms with van der Waals surface area (Å²) in [6.07, 6.45) is 86.2. The van der Waals surface area contributed by atoms with Crippen LogP contribution in [-0.4, -0.2) is 37.3 Å². The van der Waals surface area contributed by atoms with E-state index in [0.29, 0.717) is 43.3 Å². The maximum absolute atomic E-state index is 13.6. The lowest BCUT2D eigenvalue weighted by Crippen LogP contribution is -2.10. The van der Waals surface area contributed by atoms with Gasteiger partial charge in [-0.2, -0.15) is 0 Å². The van der Waals surface area contributed by atoms with Gasteiger partial charge in [0.25, 0.3) is 0 Å². The van der Waals surface area contributed by atoms with E-state index in [2.05, 4.69) is 47.6 Å². The monoisotopic (exact) mass is 1470 g/mol. The van der Waals surface area contributed by atoms with Crippen LogP contribution >= 0.6 is 0 Å². The van der Waals surface area contributed by atoms with E-state index >= 15 is 0 Å². The van der Waals surface area contributed by atoms with E-state index in [1.807, 2.05) is 78.9 Å². The van der Waals surface area contributed by atoms with Gasteiger partial charge in [-0.3, -0.25) is 4.79 Å². The standard InChI is InChI=1S/C50H86O3.C50H84O3/c2*1-4-6-8-10-12-14-16-18-20-22-24-26-28-30-32-37-43-52-49-45(3)41-42-47(48(51)46-39-35-34-36-40-46)50(49)53-44-38-33-31-29-27-25-23-21-19-17-15-13-11-9-7-5-2/h34-36,39-42,48,51H,4-33,37-38,43-44H2,1-3H3;34-36,39-42H,4-33,37-38,43-44H2,1-3H3. The molecule has 1 atom stereocenters. The minimum absolute atomic E-state index is 0.000155. The fourth-order valence-corrected chi connectivity index (χ4v) is 15.2. The van der Waals surface area contributed by atoms with E-state index in [0.717, 1.165) is 65.2 Å². The molecule has 0 aliphatic rings. The molecular weight excluding hydrogens is 1300 g/mol. The Bertz CT molecular complexity index is 2520. The van der Waals surface area contributed by atoms with Crippen molar-refractivity contribution in [3.8, 4) is 23.0 Å². The molecule has 0 radical (unpaired) electrons. The van der Waals surface area contributed by atoms with Crippen molar-refractivity contribution in [3.63, 3.8) is 0 Å². The molecule has 0 amide bonds. The largest absolute Gasteiger partial charge is 0.489 e. The molecule has 0 saturated carbocycles. The predicted molar refractivity (Wildman–Crippen MR) is 463 cm³/mol. The van der Waals surface area contributed by atoms with Crippen molar-refractivity contribution in [1.29, 1.82) is 0 Å². The number of aliphatic hydroxyl groups is 1. The highest BCUT2D eigenvalue weighted by Crippen LogP contribution is 2.41. The average Bonchev–Trinajstić information content (AvgIpc) is 0.810. The summed E-state index contributed by atoms with van der Waals surface area (Å²) >= 11 is 0. The zero-order valence-electron chi connectivity index (χ0n) is 70.7.